The van der Waals surface area contributed by atoms with Gasteiger partial charge in [0, 0.05) is 24.9 Å². The van der Waals surface area contributed by atoms with Gasteiger partial charge >= 0.3 is 0 Å². The van der Waals surface area contributed by atoms with Gasteiger partial charge in [-0.3, -0.25) is 4.79 Å². The molecule has 1 fully saturated rings. The molecular weight excluding hydrogens is 276 g/mol. The maximum Gasteiger partial charge on any atom is 0.223 e. The number of thiazole rings is 1. The molecule has 1 aliphatic carbocycles. The second-order valence-electron chi connectivity index (χ2n) is 4.89. The molecule has 0 saturated heterocycles. The second kappa shape index (κ2) is 5.68. The molecule has 2 aromatic rings. The highest BCUT2D eigenvalue weighted by atomic mass is 32.1. The SMILES string of the molecule is CC(=O)Nc1nc(Cn2cc(CNC3CC3)nn2)cs1. The summed E-state index contributed by atoms with van der Waals surface area (Å²) < 4.78 is 1.76. The van der Waals surface area contributed by atoms with Crippen molar-refractivity contribution in [1.82, 2.24) is 25.3 Å². The predicted molar refractivity (Wildman–Crippen MR) is 75.4 cm³/mol. The highest BCUT2D eigenvalue weighted by molar-refractivity contribution is 7.13. The van der Waals surface area contributed by atoms with Gasteiger partial charge in [0.1, 0.15) is 0 Å². The Kier molecular flexibility index (Phi) is 3.75. The topological polar surface area (TPSA) is 84.7 Å². The maximum atomic E-state index is 10.9. The van der Waals surface area contributed by atoms with Gasteiger partial charge in [0.2, 0.25) is 5.91 Å². The van der Waals surface area contributed by atoms with Crippen LogP contribution in [0.3, 0.4) is 0 Å². The van der Waals surface area contributed by atoms with Crippen molar-refractivity contribution in [3.05, 3.63) is 23.0 Å². The lowest BCUT2D eigenvalue weighted by molar-refractivity contribution is -0.114. The van der Waals surface area contributed by atoms with Crippen LogP contribution in [0.5, 0.6) is 0 Å². The average molecular weight is 292 g/mol. The zero-order valence-corrected chi connectivity index (χ0v) is 12.0. The first-order valence-electron chi connectivity index (χ1n) is 6.53. The van der Waals surface area contributed by atoms with Crippen molar-refractivity contribution in [1.29, 1.82) is 0 Å². The van der Waals surface area contributed by atoms with E-state index in [9.17, 15) is 4.79 Å². The average Bonchev–Trinajstić information content (AvgIpc) is 2.97. The summed E-state index contributed by atoms with van der Waals surface area (Å²) in [6, 6.07) is 0.666. The molecule has 0 aliphatic heterocycles. The molecule has 8 heteroatoms. The number of amides is 1. The number of carbonyl (C=O) groups is 1. The molecule has 0 unspecified atom stereocenters. The number of nitrogens with one attached hydrogen (secondary N) is 2. The molecule has 1 aliphatic rings. The van der Waals surface area contributed by atoms with Gasteiger partial charge < -0.3 is 10.6 Å². The van der Waals surface area contributed by atoms with Crippen molar-refractivity contribution in [3.8, 4) is 0 Å². The largest absolute Gasteiger partial charge is 0.308 e. The molecule has 2 aromatic heterocycles. The van der Waals surface area contributed by atoms with Gasteiger partial charge in [0.15, 0.2) is 5.13 Å². The van der Waals surface area contributed by atoms with Crippen LogP contribution in [0.4, 0.5) is 5.13 Å². The van der Waals surface area contributed by atoms with E-state index in [4.69, 9.17) is 0 Å². The summed E-state index contributed by atoms with van der Waals surface area (Å²) in [6.07, 6.45) is 4.45. The van der Waals surface area contributed by atoms with Crippen molar-refractivity contribution < 1.29 is 4.79 Å². The van der Waals surface area contributed by atoms with Gasteiger partial charge in [0.05, 0.1) is 24.1 Å². The number of carbonyl (C=O) groups excluding carboxylic acids is 1. The third kappa shape index (κ3) is 3.61. The number of rotatable bonds is 6. The third-order valence-corrected chi connectivity index (χ3v) is 3.70. The van der Waals surface area contributed by atoms with Crippen LogP contribution >= 0.6 is 11.3 Å². The van der Waals surface area contributed by atoms with E-state index in [1.807, 2.05) is 11.6 Å². The molecular formula is C12H16N6OS. The van der Waals surface area contributed by atoms with E-state index < -0.39 is 0 Å². The highest BCUT2D eigenvalue weighted by Gasteiger charge is 2.20. The van der Waals surface area contributed by atoms with Gasteiger partial charge in [-0.05, 0) is 12.8 Å². The number of hydrogen-bond donors (Lipinski definition) is 2. The summed E-state index contributed by atoms with van der Waals surface area (Å²) in [7, 11) is 0. The zero-order valence-electron chi connectivity index (χ0n) is 11.2. The smallest absolute Gasteiger partial charge is 0.223 e. The molecule has 7 nitrogen and oxygen atoms in total. The van der Waals surface area contributed by atoms with Crippen LogP contribution in [-0.4, -0.2) is 31.9 Å². The summed E-state index contributed by atoms with van der Waals surface area (Å²) in [4.78, 5) is 15.3. The Labute approximate surface area is 120 Å². The fourth-order valence-electron chi connectivity index (χ4n) is 1.79. The summed E-state index contributed by atoms with van der Waals surface area (Å²) in [5.41, 5.74) is 1.81. The minimum absolute atomic E-state index is 0.111. The number of aromatic nitrogens is 4. The van der Waals surface area contributed by atoms with Crippen LogP contribution in [0.15, 0.2) is 11.6 Å². The highest BCUT2D eigenvalue weighted by Crippen LogP contribution is 2.19. The predicted octanol–water partition coefficient (Wildman–Crippen LogP) is 0.993. The van der Waals surface area contributed by atoms with Crippen LogP contribution in [0.1, 0.15) is 31.2 Å². The first-order chi connectivity index (χ1) is 9.69. The second-order valence-corrected chi connectivity index (χ2v) is 5.75. The first-order valence-corrected chi connectivity index (χ1v) is 7.41. The number of nitrogens with zero attached hydrogens (tertiary/aromatic N) is 4. The molecule has 0 bridgehead atoms. The summed E-state index contributed by atoms with van der Waals surface area (Å²) in [6.45, 7) is 2.79. The Bertz CT molecular complexity index is 603. The lowest BCUT2D eigenvalue weighted by Crippen LogP contribution is -2.15. The van der Waals surface area contributed by atoms with E-state index in [0.717, 1.165) is 17.9 Å². The summed E-state index contributed by atoms with van der Waals surface area (Å²) in [5.74, 6) is -0.111. The quantitative estimate of drug-likeness (QED) is 0.829. The molecule has 2 N–H and O–H groups in total. The number of anilines is 1. The van der Waals surface area contributed by atoms with Crippen LogP contribution < -0.4 is 10.6 Å². The molecule has 0 radical (unpaired) electrons. The molecule has 20 heavy (non-hydrogen) atoms. The van der Waals surface area contributed by atoms with Gasteiger partial charge in [0.25, 0.3) is 0 Å². The molecule has 1 amide bonds. The number of hydrogen-bond acceptors (Lipinski definition) is 6. The van der Waals surface area contributed by atoms with E-state index >= 15 is 0 Å². The van der Waals surface area contributed by atoms with E-state index in [-0.39, 0.29) is 5.91 Å². The molecule has 1 saturated carbocycles. The molecule has 0 atom stereocenters. The van der Waals surface area contributed by atoms with Gasteiger partial charge in [-0.15, -0.1) is 16.4 Å². The minimum Gasteiger partial charge on any atom is -0.308 e. The van der Waals surface area contributed by atoms with E-state index in [1.54, 1.807) is 4.68 Å². The Balaban J connectivity index is 1.56. The first kappa shape index (κ1) is 13.2. The van der Waals surface area contributed by atoms with E-state index in [2.05, 4.69) is 25.9 Å². The Morgan fingerprint density at radius 3 is 3.10 bits per heavy atom. The van der Waals surface area contributed by atoms with Gasteiger partial charge in [-0.1, -0.05) is 5.21 Å². The van der Waals surface area contributed by atoms with E-state index in [0.29, 0.717) is 17.7 Å². The molecule has 2 heterocycles. The summed E-state index contributed by atoms with van der Waals surface area (Å²) >= 11 is 1.41. The summed E-state index contributed by atoms with van der Waals surface area (Å²) in [5, 5.41) is 16.8. The third-order valence-electron chi connectivity index (χ3n) is 2.89. The fraction of sp³-hybridized carbons (Fsp3) is 0.500. The monoisotopic (exact) mass is 292 g/mol. The lowest BCUT2D eigenvalue weighted by atomic mass is 10.4. The lowest BCUT2D eigenvalue weighted by Gasteiger charge is -1.97. The Hall–Kier alpha value is -1.80. The van der Waals surface area contributed by atoms with Gasteiger partial charge in [-0.2, -0.15) is 0 Å². The van der Waals surface area contributed by atoms with Crippen molar-refractivity contribution in [3.63, 3.8) is 0 Å². The van der Waals surface area contributed by atoms with Gasteiger partial charge in [-0.25, -0.2) is 9.67 Å². The van der Waals surface area contributed by atoms with Crippen LogP contribution in [-0.2, 0) is 17.9 Å². The molecule has 0 spiro atoms. The Morgan fingerprint density at radius 1 is 1.50 bits per heavy atom. The van der Waals surface area contributed by atoms with Crippen molar-refractivity contribution in [2.75, 3.05) is 5.32 Å². The van der Waals surface area contributed by atoms with E-state index in [1.165, 1.54) is 31.1 Å². The molecule has 0 aromatic carbocycles. The standard InChI is InChI=1S/C12H16N6OS/c1-8(19)14-12-15-11(7-20-12)6-18-5-10(16-17-18)4-13-9-2-3-9/h5,7,9,13H,2-4,6H2,1H3,(H,14,15,19). The van der Waals surface area contributed by atoms with Crippen LogP contribution in [0, 0.1) is 0 Å². The maximum absolute atomic E-state index is 10.9. The van der Waals surface area contributed by atoms with Crippen molar-refractivity contribution >= 4 is 22.4 Å². The molecule has 3 rings (SSSR count). The minimum atomic E-state index is -0.111. The van der Waals surface area contributed by atoms with Crippen molar-refractivity contribution in [2.24, 2.45) is 0 Å². The fourth-order valence-corrected chi connectivity index (χ4v) is 2.53. The van der Waals surface area contributed by atoms with Crippen LogP contribution in [0.25, 0.3) is 0 Å². The Morgan fingerprint density at radius 2 is 2.35 bits per heavy atom. The normalized spacial score (nSPS) is 14.4. The van der Waals surface area contributed by atoms with Crippen molar-refractivity contribution in [2.45, 2.75) is 38.9 Å². The molecule has 106 valence electrons. The van der Waals surface area contributed by atoms with Crippen LogP contribution in [0.2, 0.25) is 0 Å². The zero-order chi connectivity index (χ0) is 13.9.